The van der Waals surface area contributed by atoms with E-state index in [0.717, 1.165) is 43.5 Å². The van der Waals surface area contributed by atoms with Gasteiger partial charge in [0, 0.05) is 24.7 Å². The average Bonchev–Trinajstić information content (AvgIpc) is 2.34. The summed E-state index contributed by atoms with van der Waals surface area (Å²) in [6.45, 7) is 8.82. The van der Waals surface area contributed by atoms with Crippen molar-refractivity contribution in [3.63, 3.8) is 0 Å². The molecule has 0 bridgehead atoms. The van der Waals surface area contributed by atoms with E-state index in [4.69, 9.17) is 11.6 Å². The maximum absolute atomic E-state index is 5.87. The number of nitrogens with zero attached hydrogens (tertiary/aromatic N) is 1. The van der Waals surface area contributed by atoms with Crippen LogP contribution in [0.5, 0.6) is 0 Å². The Morgan fingerprint density at radius 3 is 2.44 bits per heavy atom. The topological polar surface area (TPSA) is 15.3 Å². The molecule has 1 N–H and O–H groups in total. The van der Waals surface area contributed by atoms with Crippen LogP contribution in [0.3, 0.4) is 0 Å². The maximum atomic E-state index is 5.87. The molecule has 0 unspecified atom stereocenters. The third-order valence-electron chi connectivity index (χ3n) is 2.92. The Bertz CT molecular complexity index is 322. The summed E-state index contributed by atoms with van der Waals surface area (Å²) in [6, 6.07) is 8.13. The summed E-state index contributed by atoms with van der Waals surface area (Å²) < 4.78 is 0. The molecule has 1 aromatic carbocycles. The number of hydrogen-bond acceptors (Lipinski definition) is 2. The van der Waals surface area contributed by atoms with Crippen molar-refractivity contribution in [1.82, 2.24) is 10.2 Å². The maximum Gasteiger partial charge on any atom is 0.0406 e. The smallest absolute Gasteiger partial charge is 0.0406 e. The summed E-state index contributed by atoms with van der Waals surface area (Å²) >= 11 is 5.87. The molecule has 0 heterocycles. The first-order valence-electron chi connectivity index (χ1n) is 6.71. The van der Waals surface area contributed by atoms with E-state index in [-0.39, 0.29) is 0 Å². The van der Waals surface area contributed by atoms with Gasteiger partial charge in [0.2, 0.25) is 0 Å². The molecular formula is C15H25ClN2. The Morgan fingerprint density at radius 2 is 1.83 bits per heavy atom. The molecule has 3 heteroatoms. The highest BCUT2D eigenvalue weighted by Crippen LogP contribution is 2.09. The Kier molecular flexibility index (Phi) is 7.33. The highest BCUT2D eigenvalue weighted by atomic mass is 35.5. The first-order chi connectivity index (χ1) is 8.58. The van der Waals surface area contributed by atoms with Crippen molar-refractivity contribution in [2.45, 2.75) is 20.3 Å². The summed E-state index contributed by atoms with van der Waals surface area (Å²) in [5, 5.41) is 4.27. The molecule has 0 atom stereocenters. The molecule has 0 aliphatic rings. The van der Waals surface area contributed by atoms with Crippen molar-refractivity contribution in [1.29, 1.82) is 0 Å². The second-order valence-electron chi connectivity index (χ2n) is 5.28. The Morgan fingerprint density at radius 1 is 1.17 bits per heavy atom. The number of rotatable bonds is 8. The zero-order valence-electron chi connectivity index (χ0n) is 11.7. The van der Waals surface area contributed by atoms with E-state index in [0.29, 0.717) is 0 Å². The van der Waals surface area contributed by atoms with Gasteiger partial charge in [-0.3, -0.25) is 0 Å². The molecule has 0 spiro atoms. The molecule has 0 aromatic heterocycles. The van der Waals surface area contributed by atoms with Gasteiger partial charge in [-0.25, -0.2) is 0 Å². The van der Waals surface area contributed by atoms with Crippen LogP contribution in [0.15, 0.2) is 24.3 Å². The Hall–Kier alpha value is -0.570. The van der Waals surface area contributed by atoms with Crippen molar-refractivity contribution in [3.05, 3.63) is 34.9 Å². The Labute approximate surface area is 116 Å². The van der Waals surface area contributed by atoms with E-state index in [1.54, 1.807) is 0 Å². The van der Waals surface area contributed by atoms with Gasteiger partial charge < -0.3 is 10.2 Å². The summed E-state index contributed by atoms with van der Waals surface area (Å²) in [7, 11) is 2.17. The molecular weight excluding hydrogens is 244 g/mol. The van der Waals surface area contributed by atoms with Gasteiger partial charge in [0.1, 0.15) is 0 Å². The first kappa shape index (κ1) is 15.5. The van der Waals surface area contributed by atoms with Crippen LogP contribution in [0, 0.1) is 5.92 Å². The molecule has 0 aliphatic heterocycles. The third-order valence-corrected chi connectivity index (χ3v) is 3.17. The van der Waals surface area contributed by atoms with Gasteiger partial charge in [0.05, 0.1) is 0 Å². The molecule has 0 amide bonds. The summed E-state index contributed by atoms with van der Waals surface area (Å²) in [5.41, 5.74) is 1.35. The van der Waals surface area contributed by atoms with Crippen molar-refractivity contribution in [2.24, 2.45) is 5.92 Å². The van der Waals surface area contributed by atoms with Gasteiger partial charge in [0.25, 0.3) is 0 Å². The van der Waals surface area contributed by atoms with Crippen LogP contribution >= 0.6 is 11.6 Å². The minimum atomic E-state index is 0.726. The fraction of sp³-hybridized carbons (Fsp3) is 0.600. The summed E-state index contributed by atoms with van der Waals surface area (Å²) in [5.74, 6) is 0.726. The van der Waals surface area contributed by atoms with Crippen LogP contribution in [-0.4, -0.2) is 38.1 Å². The zero-order valence-corrected chi connectivity index (χ0v) is 12.5. The van der Waals surface area contributed by atoms with E-state index in [2.05, 4.69) is 43.2 Å². The zero-order chi connectivity index (χ0) is 13.4. The van der Waals surface area contributed by atoms with E-state index in [9.17, 15) is 0 Å². The minimum absolute atomic E-state index is 0.726. The normalized spacial score (nSPS) is 11.4. The highest BCUT2D eigenvalue weighted by molar-refractivity contribution is 6.30. The quantitative estimate of drug-likeness (QED) is 0.729. The van der Waals surface area contributed by atoms with E-state index in [1.807, 2.05) is 12.1 Å². The monoisotopic (exact) mass is 268 g/mol. The molecule has 18 heavy (non-hydrogen) atoms. The Balaban J connectivity index is 2.13. The van der Waals surface area contributed by atoms with E-state index < -0.39 is 0 Å². The molecule has 0 saturated heterocycles. The molecule has 102 valence electrons. The van der Waals surface area contributed by atoms with Crippen LogP contribution in [0.1, 0.15) is 19.4 Å². The van der Waals surface area contributed by atoms with Gasteiger partial charge in [-0.05, 0) is 43.6 Å². The highest BCUT2D eigenvalue weighted by Gasteiger charge is 2.00. The molecule has 2 nitrogen and oxygen atoms in total. The van der Waals surface area contributed by atoms with Crippen LogP contribution in [0.4, 0.5) is 0 Å². The van der Waals surface area contributed by atoms with E-state index in [1.165, 1.54) is 5.56 Å². The van der Waals surface area contributed by atoms with E-state index >= 15 is 0 Å². The standard InChI is InChI=1S/C15H25ClN2/c1-13(2)12-17-9-11-18(3)10-8-14-4-6-15(16)7-5-14/h4-7,13,17H,8-12H2,1-3H3. The lowest BCUT2D eigenvalue weighted by atomic mass is 10.1. The number of nitrogens with one attached hydrogen (secondary N) is 1. The van der Waals surface area contributed by atoms with Gasteiger partial charge in [-0.15, -0.1) is 0 Å². The van der Waals surface area contributed by atoms with Crippen LogP contribution in [0.2, 0.25) is 5.02 Å². The number of halogens is 1. The number of hydrogen-bond donors (Lipinski definition) is 1. The van der Waals surface area contributed by atoms with Gasteiger partial charge in [0.15, 0.2) is 0 Å². The van der Waals surface area contributed by atoms with Gasteiger partial charge in [-0.1, -0.05) is 37.6 Å². The molecule has 0 aliphatic carbocycles. The SMILES string of the molecule is CC(C)CNCCN(C)CCc1ccc(Cl)cc1. The van der Waals surface area contributed by atoms with Crippen molar-refractivity contribution < 1.29 is 0 Å². The number of likely N-dealkylation sites (N-methyl/N-ethyl adjacent to an activating group) is 1. The second kappa shape index (κ2) is 8.52. The lowest BCUT2D eigenvalue weighted by Crippen LogP contribution is -2.32. The first-order valence-corrected chi connectivity index (χ1v) is 7.09. The molecule has 1 rings (SSSR count). The lowest BCUT2D eigenvalue weighted by Gasteiger charge is -2.17. The van der Waals surface area contributed by atoms with Crippen LogP contribution in [0.25, 0.3) is 0 Å². The molecule has 0 fully saturated rings. The predicted molar refractivity (Wildman–Crippen MR) is 80.4 cm³/mol. The summed E-state index contributed by atoms with van der Waals surface area (Å²) in [4.78, 5) is 2.36. The third kappa shape index (κ3) is 7.00. The van der Waals surface area contributed by atoms with Crippen LogP contribution < -0.4 is 5.32 Å². The van der Waals surface area contributed by atoms with Crippen LogP contribution in [-0.2, 0) is 6.42 Å². The fourth-order valence-electron chi connectivity index (χ4n) is 1.74. The van der Waals surface area contributed by atoms with Gasteiger partial charge >= 0.3 is 0 Å². The van der Waals surface area contributed by atoms with Crippen molar-refractivity contribution in [2.75, 3.05) is 33.2 Å². The number of benzene rings is 1. The molecule has 1 aromatic rings. The average molecular weight is 269 g/mol. The molecule has 0 radical (unpaired) electrons. The minimum Gasteiger partial charge on any atom is -0.315 e. The largest absolute Gasteiger partial charge is 0.315 e. The summed E-state index contributed by atoms with van der Waals surface area (Å²) in [6.07, 6.45) is 1.08. The van der Waals surface area contributed by atoms with Crippen molar-refractivity contribution >= 4 is 11.6 Å². The van der Waals surface area contributed by atoms with Gasteiger partial charge in [-0.2, -0.15) is 0 Å². The second-order valence-corrected chi connectivity index (χ2v) is 5.71. The molecule has 0 saturated carbocycles. The lowest BCUT2D eigenvalue weighted by molar-refractivity contribution is 0.332. The van der Waals surface area contributed by atoms with Crippen molar-refractivity contribution in [3.8, 4) is 0 Å². The predicted octanol–water partition coefficient (Wildman–Crippen LogP) is 3.06. The fourth-order valence-corrected chi connectivity index (χ4v) is 1.87.